The maximum absolute atomic E-state index is 11.1. The van der Waals surface area contributed by atoms with Crippen LogP contribution in [-0.2, 0) is 0 Å². The van der Waals surface area contributed by atoms with Gasteiger partial charge < -0.3 is 5.32 Å². The van der Waals surface area contributed by atoms with Gasteiger partial charge in [0.05, 0.1) is 6.00 Å². The molecule has 0 aromatic heterocycles. The van der Waals surface area contributed by atoms with Crippen molar-refractivity contribution in [3.05, 3.63) is 34.9 Å². The summed E-state index contributed by atoms with van der Waals surface area (Å²) in [7, 11) is 0. The molecule has 0 saturated heterocycles. The lowest BCUT2D eigenvalue weighted by Gasteiger charge is -2.00. The van der Waals surface area contributed by atoms with Crippen LogP contribution < -0.4 is 5.32 Å². The minimum absolute atomic E-state index is 0.103. The van der Waals surface area contributed by atoms with Crippen LogP contribution in [0, 0.1) is 0 Å². The number of alkyl halides is 1. The van der Waals surface area contributed by atoms with Gasteiger partial charge in [-0.1, -0.05) is 17.7 Å². The van der Waals surface area contributed by atoms with Crippen molar-refractivity contribution < 1.29 is 4.79 Å². The van der Waals surface area contributed by atoms with E-state index in [4.69, 9.17) is 23.2 Å². The summed E-state index contributed by atoms with van der Waals surface area (Å²) in [5, 5.41) is 3.00. The van der Waals surface area contributed by atoms with E-state index in [0.717, 1.165) is 0 Å². The quantitative estimate of drug-likeness (QED) is 0.581. The fourth-order valence-corrected chi connectivity index (χ4v) is 1.10. The molecule has 64 valence electrons. The van der Waals surface area contributed by atoms with E-state index in [0.29, 0.717) is 10.6 Å². The number of halogens is 2. The first-order chi connectivity index (χ1) is 5.74. The van der Waals surface area contributed by atoms with E-state index in [2.05, 4.69) is 5.32 Å². The van der Waals surface area contributed by atoms with Crippen molar-refractivity contribution in [2.45, 2.75) is 0 Å². The van der Waals surface area contributed by atoms with Crippen LogP contribution in [0.5, 0.6) is 0 Å². The summed E-state index contributed by atoms with van der Waals surface area (Å²) in [4.78, 5) is 11.1. The molecule has 1 rings (SSSR count). The molecular formula is C8H7Cl2NO. The molecule has 0 aliphatic carbocycles. The number of benzene rings is 1. The van der Waals surface area contributed by atoms with Gasteiger partial charge in [-0.15, -0.1) is 11.6 Å². The van der Waals surface area contributed by atoms with Gasteiger partial charge >= 0.3 is 0 Å². The van der Waals surface area contributed by atoms with Crippen molar-refractivity contribution in [3.8, 4) is 0 Å². The Balaban J connectivity index is 2.81. The molecule has 0 fully saturated rings. The summed E-state index contributed by atoms with van der Waals surface area (Å²) in [5.74, 6) is -0.215. The predicted octanol–water partition coefficient (Wildman–Crippen LogP) is 2.27. The minimum atomic E-state index is -0.215. The molecule has 0 saturated carbocycles. The Morgan fingerprint density at radius 2 is 2.25 bits per heavy atom. The third kappa shape index (κ3) is 2.40. The summed E-state index contributed by atoms with van der Waals surface area (Å²) in [6, 6.07) is 6.78. The summed E-state index contributed by atoms with van der Waals surface area (Å²) >= 11 is 11.0. The lowest BCUT2D eigenvalue weighted by atomic mass is 10.2. The fraction of sp³-hybridized carbons (Fsp3) is 0.125. The van der Waals surface area contributed by atoms with Crippen LogP contribution in [0.25, 0.3) is 0 Å². The molecule has 1 aromatic rings. The van der Waals surface area contributed by atoms with E-state index in [1.54, 1.807) is 24.3 Å². The third-order valence-electron chi connectivity index (χ3n) is 1.31. The van der Waals surface area contributed by atoms with Crippen LogP contribution in [0.2, 0.25) is 5.02 Å². The highest BCUT2D eigenvalue weighted by atomic mass is 35.5. The summed E-state index contributed by atoms with van der Waals surface area (Å²) in [6.07, 6.45) is 0. The monoisotopic (exact) mass is 203 g/mol. The van der Waals surface area contributed by atoms with Gasteiger partial charge in [0.15, 0.2) is 0 Å². The Morgan fingerprint density at radius 3 is 2.83 bits per heavy atom. The molecule has 0 aliphatic heterocycles. The number of hydrogen-bond donors (Lipinski definition) is 1. The first-order valence-electron chi connectivity index (χ1n) is 3.34. The number of nitrogens with one attached hydrogen (secondary N) is 1. The SMILES string of the molecule is O=C(NCCl)c1cccc(Cl)c1. The van der Waals surface area contributed by atoms with Crippen molar-refractivity contribution in [2.24, 2.45) is 0 Å². The van der Waals surface area contributed by atoms with Crippen LogP contribution in [0.15, 0.2) is 24.3 Å². The molecule has 0 aliphatic rings. The second kappa shape index (κ2) is 4.33. The molecule has 0 atom stereocenters. The van der Waals surface area contributed by atoms with E-state index in [9.17, 15) is 4.79 Å². The predicted molar refractivity (Wildman–Crippen MR) is 49.6 cm³/mol. The molecule has 4 heteroatoms. The number of carbonyl (C=O) groups excluding carboxylic acids is 1. The first kappa shape index (κ1) is 9.36. The smallest absolute Gasteiger partial charge is 0.252 e. The highest BCUT2D eigenvalue weighted by Gasteiger charge is 2.02. The fourth-order valence-electron chi connectivity index (χ4n) is 0.792. The van der Waals surface area contributed by atoms with Gasteiger partial charge in [-0.3, -0.25) is 4.79 Å². The second-order valence-electron chi connectivity index (χ2n) is 2.15. The van der Waals surface area contributed by atoms with Crippen LogP contribution in [0.1, 0.15) is 10.4 Å². The Morgan fingerprint density at radius 1 is 1.50 bits per heavy atom. The zero-order valence-electron chi connectivity index (χ0n) is 6.18. The average Bonchev–Trinajstić information content (AvgIpc) is 2.05. The Bertz CT molecular complexity index is 288. The van der Waals surface area contributed by atoms with E-state index in [1.807, 2.05) is 0 Å². The topological polar surface area (TPSA) is 29.1 Å². The van der Waals surface area contributed by atoms with E-state index in [1.165, 1.54) is 0 Å². The molecule has 0 radical (unpaired) electrons. The van der Waals surface area contributed by atoms with Gasteiger partial charge in [-0.25, -0.2) is 0 Å². The maximum atomic E-state index is 11.1. The summed E-state index contributed by atoms with van der Waals surface area (Å²) < 4.78 is 0. The number of hydrogen-bond acceptors (Lipinski definition) is 1. The van der Waals surface area contributed by atoms with E-state index >= 15 is 0 Å². The van der Waals surface area contributed by atoms with E-state index in [-0.39, 0.29) is 11.9 Å². The van der Waals surface area contributed by atoms with Gasteiger partial charge in [0.1, 0.15) is 0 Å². The van der Waals surface area contributed by atoms with Crippen LogP contribution in [0.4, 0.5) is 0 Å². The number of carbonyl (C=O) groups is 1. The summed E-state index contributed by atoms with van der Waals surface area (Å²) in [6.45, 7) is 0. The standard InChI is InChI=1S/C8H7Cl2NO/c9-5-11-8(12)6-2-1-3-7(10)4-6/h1-4H,5H2,(H,11,12). The van der Waals surface area contributed by atoms with Gasteiger partial charge in [0.25, 0.3) is 5.91 Å². The number of rotatable bonds is 2. The maximum Gasteiger partial charge on any atom is 0.252 e. The highest BCUT2D eigenvalue weighted by molar-refractivity contribution is 6.31. The van der Waals surface area contributed by atoms with Gasteiger partial charge in [0, 0.05) is 10.6 Å². The average molecular weight is 204 g/mol. The zero-order valence-corrected chi connectivity index (χ0v) is 7.69. The lowest BCUT2D eigenvalue weighted by Crippen LogP contribution is -2.21. The molecule has 0 heterocycles. The van der Waals surface area contributed by atoms with Crippen molar-refractivity contribution in [3.63, 3.8) is 0 Å². The Labute approximate surface area is 80.5 Å². The van der Waals surface area contributed by atoms with Crippen molar-refractivity contribution >= 4 is 29.1 Å². The second-order valence-corrected chi connectivity index (χ2v) is 2.85. The molecule has 1 N–H and O–H groups in total. The molecule has 1 aromatic carbocycles. The van der Waals surface area contributed by atoms with Crippen molar-refractivity contribution in [1.82, 2.24) is 5.32 Å². The van der Waals surface area contributed by atoms with Crippen LogP contribution in [0.3, 0.4) is 0 Å². The van der Waals surface area contributed by atoms with E-state index < -0.39 is 0 Å². The Kier molecular flexibility index (Phi) is 3.38. The van der Waals surface area contributed by atoms with Gasteiger partial charge in [-0.05, 0) is 18.2 Å². The molecule has 0 spiro atoms. The molecule has 1 amide bonds. The van der Waals surface area contributed by atoms with Gasteiger partial charge in [-0.2, -0.15) is 0 Å². The summed E-state index contributed by atoms with van der Waals surface area (Å²) in [5.41, 5.74) is 0.517. The first-order valence-corrected chi connectivity index (χ1v) is 4.25. The van der Waals surface area contributed by atoms with Crippen LogP contribution in [-0.4, -0.2) is 11.9 Å². The zero-order chi connectivity index (χ0) is 8.97. The minimum Gasteiger partial charge on any atom is -0.339 e. The molecule has 12 heavy (non-hydrogen) atoms. The number of amides is 1. The third-order valence-corrected chi connectivity index (χ3v) is 1.68. The Hall–Kier alpha value is -0.730. The van der Waals surface area contributed by atoms with Crippen molar-refractivity contribution in [2.75, 3.05) is 6.00 Å². The van der Waals surface area contributed by atoms with Gasteiger partial charge in [0.2, 0.25) is 0 Å². The molecule has 0 unspecified atom stereocenters. The molecular weight excluding hydrogens is 197 g/mol. The normalized spacial score (nSPS) is 9.50. The largest absolute Gasteiger partial charge is 0.339 e. The lowest BCUT2D eigenvalue weighted by molar-refractivity contribution is 0.0960. The van der Waals surface area contributed by atoms with Crippen LogP contribution >= 0.6 is 23.2 Å². The molecule has 0 bridgehead atoms. The van der Waals surface area contributed by atoms with Crippen molar-refractivity contribution in [1.29, 1.82) is 0 Å². The highest BCUT2D eigenvalue weighted by Crippen LogP contribution is 2.10. The molecule has 2 nitrogen and oxygen atoms in total.